The minimum absolute atomic E-state index is 0.0268. The Morgan fingerprint density at radius 2 is 2.04 bits per heavy atom. The minimum Gasteiger partial charge on any atom is -0.482 e. The van der Waals surface area contributed by atoms with Gasteiger partial charge in [-0.1, -0.05) is 24.4 Å². The summed E-state index contributed by atoms with van der Waals surface area (Å²) in [5.74, 6) is 0.897. The van der Waals surface area contributed by atoms with E-state index in [0.717, 1.165) is 19.4 Å². The molecule has 1 aliphatic heterocycles. The molecule has 0 radical (unpaired) electrons. The van der Waals surface area contributed by atoms with Crippen molar-refractivity contribution < 1.29 is 14.5 Å². The van der Waals surface area contributed by atoms with Crippen molar-refractivity contribution in [2.75, 3.05) is 13.2 Å². The van der Waals surface area contributed by atoms with Crippen LogP contribution < -0.4 is 4.74 Å². The number of halogens is 1. The summed E-state index contributed by atoms with van der Waals surface area (Å²) >= 11 is 6.00. The van der Waals surface area contributed by atoms with Gasteiger partial charge in [-0.05, 0) is 37.7 Å². The second kappa shape index (κ2) is 7.38. The Kier molecular flexibility index (Phi) is 5.23. The lowest BCUT2D eigenvalue weighted by atomic mass is 9.78. The van der Waals surface area contributed by atoms with E-state index in [1.807, 2.05) is 4.90 Å². The molecule has 1 amide bonds. The Balaban J connectivity index is 1.61. The number of nitrogens with zero attached hydrogens (tertiary/aromatic N) is 2. The van der Waals surface area contributed by atoms with E-state index >= 15 is 0 Å². The van der Waals surface area contributed by atoms with Crippen LogP contribution in [0, 0.1) is 16.0 Å². The van der Waals surface area contributed by atoms with Crippen LogP contribution in [0.2, 0.25) is 5.02 Å². The highest BCUT2D eigenvalue weighted by Crippen LogP contribution is 2.35. The van der Waals surface area contributed by atoms with Crippen LogP contribution in [0.1, 0.15) is 38.5 Å². The van der Waals surface area contributed by atoms with Gasteiger partial charge in [0.2, 0.25) is 0 Å². The van der Waals surface area contributed by atoms with E-state index in [1.54, 1.807) is 0 Å². The highest BCUT2D eigenvalue weighted by atomic mass is 35.5. The van der Waals surface area contributed by atoms with Crippen LogP contribution in [0.4, 0.5) is 5.69 Å². The number of hydrogen-bond donors (Lipinski definition) is 0. The van der Waals surface area contributed by atoms with Gasteiger partial charge in [0, 0.05) is 24.7 Å². The molecule has 2 fully saturated rings. The van der Waals surface area contributed by atoms with Gasteiger partial charge in [0.15, 0.2) is 6.61 Å². The van der Waals surface area contributed by atoms with Gasteiger partial charge in [-0.2, -0.15) is 0 Å². The van der Waals surface area contributed by atoms with Crippen LogP contribution >= 0.6 is 11.6 Å². The fourth-order valence-corrected chi connectivity index (χ4v) is 4.11. The molecule has 130 valence electrons. The average Bonchev–Trinajstić information content (AvgIpc) is 2.59. The molecular formula is C17H21ClN2O4. The molecule has 1 saturated carbocycles. The molecule has 1 aromatic carbocycles. The Bertz CT molecular complexity index is 635. The summed E-state index contributed by atoms with van der Waals surface area (Å²) < 4.78 is 5.52. The largest absolute Gasteiger partial charge is 0.482 e. The lowest BCUT2D eigenvalue weighted by molar-refractivity contribution is -0.384. The lowest BCUT2D eigenvalue weighted by Crippen LogP contribution is -2.51. The molecule has 7 heteroatoms. The van der Waals surface area contributed by atoms with Crippen molar-refractivity contribution in [1.29, 1.82) is 0 Å². The second-order valence-electron chi connectivity index (χ2n) is 6.50. The molecule has 2 aliphatic rings. The number of benzene rings is 1. The molecule has 0 unspecified atom stereocenters. The molecule has 1 aliphatic carbocycles. The van der Waals surface area contributed by atoms with E-state index in [2.05, 4.69) is 0 Å². The van der Waals surface area contributed by atoms with Crippen molar-refractivity contribution in [2.24, 2.45) is 5.92 Å². The smallest absolute Gasteiger partial charge is 0.271 e. The average molecular weight is 353 g/mol. The predicted molar refractivity (Wildman–Crippen MR) is 90.3 cm³/mol. The van der Waals surface area contributed by atoms with Crippen molar-refractivity contribution in [1.82, 2.24) is 4.90 Å². The summed E-state index contributed by atoms with van der Waals surface area (Å²) in [4.78, 5) is 24.7. The van der Waals surface area contributed by atoms with Crippen LogP contribution in [0.25, 0.3) is 0 Å². The molecule has 24 heavy (non-hydrogen) atoms. The first-order chi connectivity index (χ1) is 11.6. The Morgan fingerprint density at radius 1 is 1.29 bits per heavy atom. The van der Waals surface area contributed by atoms with E-state index < -0.39 is 4.92 Å². The van der Waals surface area contributed by atoms with Crippen LogP contribution in [0.15, 0.2) is 18.2 Å². The van der Waals surface area contributed by atoms with Crippen LogP contribution in [0.5, 0.6) is 5.75 Å². The molecular weight excluding hydrogens is 332 g/mol. The number of rotatable bonds is 4. The number of nitro benzene ring substituents is 1. The normalized spacial score (nSPS) is 23.5. The van der Waals surface area contributed by atoms with Crippen molar-refractivity contribution in [2.45, 2.75) is 44.6 Å². The maximum absolute atomic E-state index is 12.6. The molecule has 0 bridgehead atoms. The van der Waals surface area contributed by atoms with E-state index in [4.69, 9.17) is 16.3 Å². The molecule has 0 aromatic heterocycles. The quantitative estimate of drug-likeness (QED) is 0.610. The Morgan fingerprint density at radius 3 is 2.79 bits per heavy atom. The molecule has 2 atom stereocenters. The monoisotopic (exact) mass is 352 g/mol. The second-order valence-corrected chi connectivity index (χ2v) is 6.91. The third-order valence-corrected chi connectivity index (χ3v) is 5.34. The first kappa shape index (κ1) is 17.0. The number of amides is 1. The first-order valence-corrected chi connectivity index (χ1v) is 8.80. The van der Waals surface area contributed by atoms with Crippen molar-refractivity contribution >= 4 is 23.2 Å². The number of likely N-dealkylation sites (tertiary alicyclic amines) is 1. The summed E-state index contributed by atoms with van der Waals surface area (Å²) in [6.45, 7) is 0.706. The molecule has 0 N–H and O–H groups in total. The van der Waals surface area contributed by atoms with E-state index in [-0.39, 0.29) is 23.2 Å². The van der Waals surface area contributed by atoms with Gasteiger partial charge in [-0.3, -0.25) is 14.9 Å². The number of carbonyl (C=O) groups excluding carboxylic acids is 1. The molecule has 1 saturated heterocycles. The number of ether oxygens (including phenoxy) is 1. The van der Waals surface area contributed by atoms with Gasteiger partial charge < -0.3 is 9.64 Å². The minimum atomic E-state index is -0.516. The number of piperidine rings is 1. The lowest BCUT2D eigenvalue weighted by Gasteiger charge is -2.44. The molecule has 3 rings (SSSR count). The van der Waals surface area contributed by atoms with Crippen molar-refractivity contribution in [3.8, 4) is 5.75 Å². The SMILES string of the molecule is O=C(COc1ccc([N+](=O)[O-])cc1Cl)N1CCC[C@@H]2CCCC[C@@H]21. The van der Waals surface area contributed by atoms with Gasteiger partial charge in [0.1, 0.15) is 5.75 Å². The predicted octanol–water partition coefficient (Wildman–Crippen LogP) is 3.81. The number of carbonyl (C=O) groups is 1. The molecule has 0 spiro atoms. The van der Waals surface area contributed by atoms with Gasteiger partial charge in [0.05, 0.1) is 9.95 Å². The Hall–Kier alpha value is -1.82. The highest BCUT2D eigenvalue weighted by molar-refractivity contribution is 6.32. The maximum Gasteiger partial charge on any atom is 0.271 e. The van der Waals surface area contributed by atoms with Crippen molar-refractivity contribution in [3.05, 3.63) is 33.3 Å². The highest BCUT2D eigenvalue weighted by Gasteiger charge is 2.35. The van der Waals surface area contributed by atoms with Crippen LogP contribution in [-0.4, -0.2) is 34.9 Å². The van der Waals surface area contributed by atoms with Crippen molar-refractivity contribution in [3.63, 3.8) is 0 Å². The number of fused-ring (bicyclic) bond motifs is 1. The van der Waals surface area contributed by atoms with Crippen LogP contribution in [-0.2, 0) is 4.79 Å². The number of non-ortho nitro benzene ring substituents is 1. The summed E-state index contributed by atoms with van der Waals surface area (Å²) in [5, 5.41) is 10.9. The maximum atomic E-state index is 12.6. The summed E-state index contributed by atoms with van der Waals surface area (Å²) in [6.07, 6.45) is 6.99. The number of nitro groups is 1. The zero-order chi connectivity index (χ0) is 17.1. The topological polar surface area (TPSA) is 72.7 Å². The van der Waals surface area contributed by atoms with Gasteiger partial charge >= 0.3 is 0 Å². The third-order valence-electron chi connectivity index (χ3n) is 5.04. The van der Waals surface area contributed by atoms with Crippen LogP contribution in [0.3, 0.4) is 0 Å². The first-order valence-electron chi connectivity index (χ1n) is 8.42. The van der Waals surface area contributed by atoms with Gasteiger partial charge in [0.25, 0.3) is 11.6 Å². The molecule has 6 nitrogen and oxygen atoms in total. The summed E-state index contributed by atoms with van der Waals surface area (Å²) in [7, 11) is 0. The zero-order valence-corrected chi connectivity index (χ0v) is 14.2. The Labute approximate surface area is 145 Å². The van der Waals surface area contributed by atoms with E-state index in [9.17, 15) is 14.9 Å². The molecule has 1 heterocycles. The fourth-order valence-electron chi connectivity index (χ4n) is 3.88. The fraction of sp³-hybridized carbons (Fsp3) is 0.588. The van der Waals surface area contributed by atoms with Gasteiger partial charge in [-0.25, -0.2) is 0 Å². The molecule has 1 aromatic rings. The van der Waals surface area contributed by atoms with E-state index in [1.165, 1.54) is 43.9 Å². The summed E-state index contributed by atoms with van der Waals surface area (Å²) in [6, 6.07) is 4.34. The third kappa shape index (κ3) is 3.64. The van der Waals surface area contributed by atoms with Gasteiger partial charge in [-0.15, -0.1) is 0 Å². The van der Waals surface area contributed by atoms with E-state index in [0.29, 0.717) is 17.7 Å². The zero-order valence-electron chi connectivity index (χ0n) is 13.4. The summed E-state index contributed by atoms with van der Waals surface area (Å²) in [5.41, 5.74) is -0.0974. The number of hydrogen-bond acceptors (Lipinski definition) is 4. The standard InChI is InChI=1S/C17H21ClN2O4/c18-14-10-13(20(22)23)7-8-16(14)24-11-17(21)19-9-3-5-12-4-1-2-6-15(12)19/h7-8,10,12,15H,1-6,9,11H2/t12-,15-/m0/s1.